The SMILES string of the molecule is O=C(Cn1c(=O)n(-c2ccc(F)cc2)c2ncccc21)NCCCN1CCOCC1. The molecule has 4 rings (SSSR count). The summed E-state index contributed by atoms with van der Waals surface area (Å²) in [6, 6.07) is 9.06. The van der Waals surface area contributed by atoms with Crippen LogP contribution in [-0.2, 0) is 16.1 Å². The lowest BCUT2D eigenvalue weighted by atomic mass is 10.3. The van der Waals surface area contributed by atoms with Gasteiger partial charge in [-0.1, -0.05) is 0 Å². The Kier molecular flexibility index (Phi) is 6.20. The smallest absolute Gasteiger partial charge is 0.335 e. The molecule has 0 atom stereocenters. The van der Waals surface area contributed by atoms with Crippen LogP contribution in [0.15, 0.2) is 47.4 Å². The maximum absolute atomic E-state index is 13.3. The van der Waals surface area contributed by atoms with Gasteiger partial charge in [-0.2, -0.15) is 0 Å². The Hall–Kier alpha value is -3.04. The van der Waals surface area contributed by atoms with E-state index in [9.17, 15) is 14.0 Å². The van der Waals surface area contributed by atoms with Crippen LogP contribution in [0.4, 0.5) is 4.39 Å². The molecule has 0 unspecified atom stereocenters. The number of nitrogens with one attached hydrogen (secondary N) is 1. The van der Waals surface area contributed by atoms with Gasteiger partial charge in [0, 0.05) is 25.8 Å². The molecule has 1 aliphatic heterocycles. The van der Waals surface area contributed by atoms with E-state index >= 15 is 0 Å². The minimum absolute atomic E-state index is 0.104. The lowest BCUT2D eigenvalue weighted by molar-refractivity contribution is -0.121. The Morgan fingerprint density at radius 1 is 1.17 bits per heavy atom. The Morgan fingerprint density at radius 2 is 1.93 bits per heavy atom. The number of rotatable bonds is 7. The topological polar surface area (TPSA) is 81.4 Å². The van der Waals surface area contributed by atoms with Gasteiger partial charge in [-0.25, -0.2) is 18.7 Å². The average Bonchev–Trinajstić information content (AvgIpc) is 3.04. The van der Waals surface area contributed by atoms with Gasteiger partial charge in [-0.15, -0.1) is 0 Å². The average molecular weight is 413 g/mol. The standard InChI is InChI=1S/C21H24FN5O3/c22-16-4-6-17(7-5-16)27-20-18(3-1-8-24-20)26(21(27)29)15-19(28)23-9-2-10-25-11-13-30-14-12-25/h1,3-8H,2,9-15H2,(H,23,28). The third kappa shape index (κ3) is 4.42. The van der Waals surface area contributed by atoms with Gasteiger partial charge in [-0.05, 0) is 49.4 Å². The summed E-state index contributed by atoms with van der Waals surface area (Å²) in [5.74, 6) is -0.624. The zero-order valence-electron chi connectivity index (χ0n) is 16.6. The molecule has 0 spiro atoms. The number of imidazole rings is 1. The van der Waals surface area contributed by atoms with Crippen molar-refractivity contribution in [2.45, 2.75) is 13.0 Å². The number of halogens is 1. The van der Waals surface area contributed by atoms with Gasteiger partial charge in [0.15, 0.2) is 5.65 Å². The van der Waals surface area contributed by atoms with Crippen LogP contribution in [0.1, 0.15) is 6.42 Å². The molecule has 0 bridgehead atoms. The van der Waals surface area contributed by atoms with E-state index in [0.717, 1.165) is 39.3 Å². The van der Waals surface area contributed by atoms with Crippen LogP contribution in [0.3, 0.4) is 0 Å². The zero-order chi connectivity index (χ0) is 20.9. The van der Waals surface area contributed by atoms with E-state index < -0.39 is 5.69 Å². The van der Waals surface area contributed by atoms with Crippen molar-refractivity contribution in [1.82, 2.24) is 24.3 Å². The molecule has 9 heteroatoms. The van der Waals surface area contributed by atoms with Crippen molar-refractivity contribution in [3.63, 3.8) is 0 Å². The van der Waals surface area contributed by atoms with Crippen LogP contribution in [0.2, 0.25) is 0 Å². The minimum Gasteiger partial charge on any atom is -0.379 e. The first kappa shape index (κ1) is 20.2. The van der Waals surface area contributed by atoms with Crippen LogP contribution in [0.25, 0.3) is 16.9 Å². The summed E-state index contributed by atoms with van der Waals surface area (Å²) < 4.78 is 21.4. The maximum atomic E-state index is 13.3. The molecular weight excluding hydrogens is 389 g/mol. The molecule has 0 radical (unpaired) electrons. The van der Waals surface area contributed by atoms with E-state index in [0.29, 0.717) is 23.4 Å². The van der Waals surface area contributed by atoms with E-state index in [-0.39, 0.29) is 18.3 Å². The number of hydrogen-bond acceptors (Lipinski definition) is 5. The predicted octanol–water partition coefficient (Wildman–Crippen LogP) is 1.16. The van der Waals surface area contributed by atoms with Crippen LogP contribution in [0, 0.1) is 5.82 Å². The Labute approximate surface area is 172 Å². The molecule has 0 aliphatic carbocycles. The number of benzene rings is 1. The summed E-state index contributed by atoms with van der Waals surface area (Å²) in [5.41, 5.74) is 1.08. The van der Waals surface area contributed by atoms with Crippen LogP contribution >= 0.6 is 0 Å². The van der Waals surface area contributed by atoms with Crippen LogP contribution < -0.4 is 11.0 Å². The normalized spacial score (nSPS) is 14.8. The number of fused-ring (bicyclic) bond motifs is 1. The van der Waals surface area contributed by atoms with Gasteiger partial charge in [0.25, 0.3) is 0 Å². The summed E-state index contributed by atoms with van der Waals surface area (Å²) in [6.45, 7) is 4.67. The molecule has 2 aromatic heterocycles. The van der Waals surface area contributed by atoms with E-state index in [1.807, 2.05) is 0 Å². The second-order valence-electron chi connectivity index (χ2n) is 7.18. The molecule has 3 aromatic rings. The van der Waals surface area contributed by atoms with Gasteiger partial charge in [-0.3, -0.25) is 14.3 Å². The summed E-state index contributed by atoms with van der Waals surface area (Å²) in [5, 5.41) is 2.88. The summed E-state index contributed by atoms with van der Waals surface area (Å²) in [4.78, 5) is 32.1. The third-order valence-corrected chi connectivity index (χ3v) is 5.15. The highest BCUT2D eigenvalue weighted by atomic mass is 19.1. The number of pyridine rings is 1. The molecule has 1 amide bonds. The predicted molar refractivity (Wildman–Crippen MR) is 110 cm³/mol. The maximum Gasteiger partial charge on any atom is 0.335 e. The van der Waals surface area contributed by atoms with Gasteiger partial charge in [0.2, 0.25) is 5.91 Å². The largest absolute Gasteiger partial charge is 0.379 e. The number of carbonyl (C=O) groups excluding carboxylic acids is 1. The summed E-state index contributed by atoms with van der Waals surface area (Å²) >= 11 is 0. The quantitative estimate of drug-likeness (QED) is 0.588. The van der Waals surface area contributed by atoms with Gasteiger partial charge < -0.3 is 10.1 Å². The molecule has 1 aromatic carbocycles. The van der Waals surface area contributed by atoms with Crippen LogP contribution in [-0.4, -0.2) is 64.3 Å². The first-order valence-electron chi connectivity index (χ1n) is 10.0. The van der Waals surface area contributed by atoms with Crippen molar-refractivity contribution in [3.05, 3.63) is 58.9 Å². The minimum atomic E-state index is -0.390. The molecule has 1 saturated heterocycles. The highest BCUT2D eigenvalue weighted by Gasteiger charge is 2.17. The molecule has 1 N–H and O–H groups in total. The number of morpholine rings is 1. The lowest BCUT2D eigenvalue weighted by Crippen LogP contribution is -2.38. The van der Waals surface area contributed by atoms with Crippen molar-refractivity contribution < 1.29 is 13.9 Å². The van der Waals surface area contributed by atoms with Crippen molar-refractivity contribution in [2.75, 3.05) is 39.4 Å². The number of amides is 1. The second kappa shape index (κ2) is 9.19. The van der Waals surface area contributed by atoms with E-state index in [4.69, 9.17) is 4.74 Å². The molecule has 158 valence electrons. The van der Waals surface area contributed by atoms with Crippen molar-refractivity contribution in [1.29, 1.82) is 0 Å². The zero-order valence-corrected chi connectivity index (χ0v) is 16.6. The number of hydrogen-bond donors (Lipinski definition) is 1. The third-order valence-electron chi connectivity index (χ3n) is 5.15. The molecule has 1 aliphatic rings. The second-order valence-corrected chi connectivity index (χ2v) is 7.18. The highest BCUT2D eigenvalue weighted by Crippen LogP contribution is 2.16. The van der Waals surface area contributed by atoms with Crippen LogP contribution in [0.5, 0.6) is 0 Å². The van der Waals surface area contributed by atoms with E-state index in [1.54, 1.807) is 18.3 Å². The number of nitrogens with zero attached hydrogens (tertiary/aromatic N) is 4. The number of aromatic nitrogens is 3. The van der Waals surface area contributed by atoms with Gasteiger partial charge >= 0.3 is 5.69 Å². The molecule has 30 heavy (non-hydrogen) atoms. The number of carbonyl (C=O) groups is 1. The Morgan fingerprint density at radius 3 is 2.70 bits per heavy atom. The lowest BCUT2D eigenvalue weighted by Gasteiger charge is -2.26. The van der Waals surface area contributed by atoms with Crippen molar-refractivity contribution in [2.24, 2.45) is 0 Å². The summed E-state index contributed by atoms with van der Waals surface area (Å²) in [6.07, 6.45) is 2.41. The molecule has 3 heterocycles. The fourth-order valence-electron chi connectivity index (χ4n) is 3.62. The molecule has 8 nitrogen and oxygen atoms in total. The highest BCUT2D eigenvalue weighted by molar-refractivity contribution is 5.80. The fourth-order valence-corrected chi connectivity index (χ4v) is 3.62. The molecular formula is C21H24FN5O3. The van der Waals surface area contributed by atoms with E-state index in [2.05, 4.69) is 15.2 Å². The van der Waals surface area contributed by atoms with Crippen molar-refractivity contribution in [3.8, 4) is 5.69 Å². The monoisotopic (exact) mass is 413 g/mol. The fraction of sp³-hybridized carbons (Fsp3) is 0.381. The molecule has 1 fully saturated rings. The molecule has 0 saturated carbocycles. The number of ether oxygens (including phenoxy) is 1. The van der Waals surface area contributed by atoms with Crippen molar-refractivity contribution >= 4 is 17.1 Å². The first-order chi connectivity index (χ1) is 14.6. The Bertz CT molecular complexity index is 1070. The summed E-state index contributed by atoms with van der Waals surface area (Å²) in [7, 11) is 0. The van der Waals surface area contributed by atoms with Gasteiger partial charge in [0.1, 0.15) is 12.4 Å². The van der Waals surface area contributed by atoms with Gasteiger partial charge in [0.05, 0.1) is 24.4 Å². The Balaban J connectivity index is 1.46. The first-order valence-corrected chi connectivity index (χ1v) is 10.0. The van der Waals surface area contributed by atoms with E-state index in [1.165, 1.54) is 33.4 Å².